The monoisotopic (exact) mass is 465 g/mol. The van der Waals surface area contributed by atoms with E-state index in [2.05, 4.69) is 4.98 Å². The Morgan fingerprint density at radius 1 is 1.09 bits per heavy atom. The Morgan fingerprint density at radius 3 is 2.53 bits per heavy atom. The van der Waals surface area contributed by atoms with Gasteiger partial charge in [-0.05, 0) is 18.4 Å². The molecule has 4 rings (SSSR count). The van der Waals surface area contributed by atoms with Gasteiger partial charge < -0.3 is 29.4 Å². The number of hydrogen-bond acceptors (Lipinski definition) is 6. The number of aromatic nitrogens is 1. The molecule has 34 heavy (non-hydrogen) atoms. The standard InChI is InChI=1S/C27H31NO6/c29-18-23(31)17-25(24-16-22(30)13-14-28-24)34-27(21-10-5-2-6-11-21)26(12-7-15-33-27)32-19-20-8-3-1-4-9-20/h1-6,8-11,13-14,16,23,25-26,29,31H,7,12,15,17-19H2,(H,28,30). The van der Waals surface area contributed by atoms with Gasteiger partial charge in [0.05, 0.1) is 25.9 Å². The summed E-state index contributed by atoms with van der Waals surface area (Å²) in [4.78, 5) is 15.1. The summed E-state index contributed by atoms with van der Waals surface area (Å²) in [5.41, 5.74) is 2.13. The fraction of sp³-hybridized carbons (Fsp3) is 0.370. The van der Waals surface area contributed by atoms with Crippen molar-refractivity contribution in [3.8, 4) is 0 Å². The molecule has 2 aromatic carbocycles. The molecule has 180 valence electrons. The Kier molecular flexibility index (Phi) is 8.26. The van der Waals surface area contributed by atoms with Gasteiger partial charge in [-0.2, -0.15) is 0 Å². The summed E-state index contributed by atoms with van der Waals surface area (Å²) in [6.07, 6.45) is 0.907. The maximum Gasteiger partial charge on any atom is 0.222 e. The number of ether oxygens (including phenoxy) is 3. The average molecular weight is 466 g/mol. The van der Waals surface area contributed by atoms with Crippen LogP contribution in [-0.2, 0) is 26.6 Å². The zero-order chi connectivity index (χ0) is 23.8. The van der Waals surface area contributed by atoms with Gasteiger partial charge in [0.1, 0.15) is 12.2 Å². The summed E-state index contributed by atoms with van der Waals surface area (Å²) in [6.45, 7) is 0.434. The lowest BCUT2D eigenvalue weighted by Gasteiger charge is -2.45. The second kappa shape index (κ2) is 11.6. The highest BCUT2D eigenvalue weighted by molar-refractivity contribution is 5.23. The fourth-order valence-corrected chi connectivity index (χ4v) is 4.28. The van der Waals surface area contributed by atoms with E-state index in [-0.39, 0.29) is 11.8 Å². The van der Waals surface area contributed by atoms with Gasteiger partial charge in [0.2, 0.25) is 5.79 Å². The smallest absolute Gasteiger partial charge is 0.222 e. The van der Waals surface area contributed by atoms with Gasteiger partial charge in [0.15, 0.2) is 5.43 Å². The summed E-state index contributed by atoms with van der Waals surface area (Å²) in [6, 6.07) is 22.4. The molecule has 4 unspecified atom stereocenters. The molecule has 0 spiro atoms. The molecule has 0 saturated carbocycles. The predicted molar refractivity (Wildman–Crippen MR) is 127 cm³/mol. The van der Waals surface area contributed by atoms with Crippen LogP contribution in [0.2, 0.25) is 0 Å². The number of aliphatic hydroxyl groups excluding tert-OH is 2. The first-order chi connectivity index (χ1) is 16.6. The third-order valence-corrected chi connectivity index (χ3v) is 5.98. The molecule has 0 bridgehead atoms. The maximum atomic E-state index is 12.1. The van der Waals surface area contributed by atoms with Crippen LogP contribution in [0.15, 0.2) is 83.8 Å². The third kappa shape index (κ3) is 5.81. The first kappa shape index (κ1) is 24.3. The predicted octanol–water partition coefficient (Wildman–Crippen LogP) is 3.42. The highest BCUT2D eigenvalue weighted by Crippen LogP contribution is 2.43. The molecule has 0 radical (unpaired) electrons. The number of aliphatic hydroxyl groups is 2. The molecule has 7 heteroatoms. The van der Waals surface area contributed by atoms with Crippen molar-refractivity contribution in [2.45, 2.75) is 50.0 Å². The molecule has 1 aliphatic rings. The van der Waals surface area contributed by atoms with Crippen LogP contribution in [0.5, 0.6) is 0 Å². The van der Waals surface area contributed by atoms with E-state index >= 15 is 0 Å². The minimum absolute atomic E-state index is 0.0692. The topological polar surface area (TPSA) is 101 Å². The lowest BCUT2D eigenvalue weighted by Crippen LogP contribution is -2.50. The number of pyridine rings is 1. The number of rotatable bonds is 10. The fourth-order valence-electron chi connectivity index (χ4n) is 4.28. The quantitative estimate of drug-likeness (QED) is 0.424. The van der Waals surface area contributed by atoms with Gasteiger partial charge in [0, 0.05) is 36.0 Å². The Labute approximate surface area is 198 Å². The van der Waals surface area contributed by atoms with Crippen molar-refractivity contribution in [2.24, 2.45) is 0 Å². The van der Waals surface area contributed by atoms with E-state index in [1.165, 1.54) is 12.1 Å². The van der Waals surface area contributed by atoms with Gasteiger partial charge in [-0.15, -0.1) is 0 Å². The lowest BCUT2D eigenvalue weighted by atomic mass is 9.93. The molecule has 0 aliphatic carbocycles. The summed E-state index contributed by atoms with van der Waals surface area (Å²) >= 11 is 0. The molecule has 1 fully saturated rings. The van der Waals surface area contributed by atoms with E-state index in [1.54, 1.807) is 6.20 Å². The third-order valence-electron chi connectivity index (χ3n) is 5.98. The number of benzene rings is 2. The van der Waals surface area contributed by atoms with Crippen LogP contribution < -0.4 is 5.43 Å². The van der Waals surface area contributed by atoms with Crippen LogP contribution in [0.25, 0.3) is 0 Å². The van der Waals surface area contributed by atoms with Crippen molar-refractivity contribution < 1.29 is 24.4 Å². The molecule has 7 nitrogen and oxygen atoms in total. The SMILES string of the molecule is O=c1cc[nH]c(C(CC(O)CO)OC2(c3ccccc3)OCCCC2OCc2ccccc2)c1. The normalized spacial score (nSPS) is 22.2. The lowest BCUT2D eigenvalue weighted by molar-refractivity contribution is -0.340. The van der Waals surface area contributed by atoms with Gasteiger partial charge >= 0.3 is 0 Å². The minimum Gasteiger partial charge on any atom is -0.394 e. The number of H-pyrrole nitrogens is 1. The van der Waals surface area contributed by atoms with E-state index in [0.29, 0.717) is 25.3 Å². The van der Waals surface area contributed by atoms with E-state index in [0.717, 1.165) is 17.5 Å². The molecular weight excluding hydrogens is 434 g/mol. The Bertz CT molecular complexity index is 1070. The van der Waals surface area contributed by atoms with Crippen LogP contribution in [0.3, 0.4) is 0 Å². The highest BCUT2D eigenvalue weighted by atomic mass is 16.7. The summed E-state index contributed by atoms with van der Waals surface area (Å²) in [5, 5.41) is 19.8. The molecule has 3 N–H and O–H groups in total. The summed E-state index contributed by atoms with van der Waals surface area (Å²) < 4.78 is 19.5. The Balaban J connectivity index is 1.71. The van der Waals surface area contributed by atoms with Crippen molar-refractivity contribution in [1.82, 2.24) is 4.98 Å². The Hall–Kier alpha value is -2.81. The van der Waals surface area contributed by atoms with Crippen LogP contribution in [0.1, 0.15) is 42.2 Å². The maximum absolute atomic E-state index is 12.1. The van der Waals surface area contributed by atoms with Gasteiger partial charge in [-0.1, -0.05) is 60.7 Å². The first-order valence-corrected chi connectivity index (χ1v) is 11.6. The molecule has 1 aromatic heterocycles. The van der Waals surface area contributed by atoms with Crippen molar-refractivity contribution in [2.75, 3.05) is 13.2 Å². The minimum atomic E-state index is -1.26. The highest BCUT2D eigenvalue weighted by Gasteiger charge is 2.48. The zero-order valence-electron chi connectivity index (χ0n) is 19.0. The summed E-state index contributed by atoms with van der Waals surface area (Å²) in [7, 11) is 0. The molecule has 2 heterocycles. The number of nitrogens with one attached hydrogen (secondary N) is 1. The van der Waals surface area contributed by atoms with E-state index in [9.17, 15) is 15.0 Å². The molecule has 0 amide bonds. The van der Waals surface area contributed by atoms with Crippen molar-refractivity contribution >= 4 is 0 Å². The molecule has 3 aromatic rings. The second-order valence-corrected chi connectivity index (χ2v) is 8.47. The molecular formula is C27H31NO6. The first-order valence-electron chi connectivity index (χ1n) is 11.6. The van der Waals surface area contributed by atoms with Crippen LogP contribution in [-0.4, -0.2) is 40.6 Å². The molecule has 1 saturated heterocycles. The van der Waals surface area contributed by atoms with E-state index in [1.807, 2.05) is 60.7 Å². The molecule has 4 atom stereocenters. The van der Waals surface area contributed by atoms with Crippen LogP contribution in [0.4, 0.5) is 0 Å². The zero-order valence-corrected chi connectivity index (χ0v) is 19.0. The largest absolute Gasteiger partial charge is 0.394 e. The number of hydrogen-bond donors (Lipinski definition) is 3. The van der Waals surface area contributed by atoms with Crippen LogP contribution >= 0.6 is 0 Å². The van der Waals surface area contributed by atoms with E-state index < -0.39 is 30.7 Å². The van der Waals surface area contributed by atoms with Crippen molar-refractivity contribution in [1.29, 1.82) is 0 Å². The van der Waals surface area contributed by atoms with Gasteiger partial charge in [-0.3, -0.25) is 4.79 Å². The Morgan fingerprint density at radius 2 is 1.82 bits per heavy atom. The van der Waals surface area contributed by atoms with Gasteiger partial charge in [-0.25, -0.2) is 0 Å². The summed E-state index contributed by atoms with van der Waals surface area (Å²) in [5.74, 6) is -1.26. The van der Waals surface area contributed by atoms with Crippen LogP contribution in [0, 0.1) is 0 Å². The molecule has 1 aliphatic heterocycles. The van der Waals surface area contributed by atoms with Crippen molar-refractivity contribution in [3.63, 3.8) is 0 Å². The van der Waals surface area contributed by atoms with Crippen molar-refractivity contribution in [3.05, 3.63) is 106 Å². The van der Waals surface area contributed by atoms with E-state index in [4.69, 9.17) is 14.2 Å². The second-order valence-electron chi connectivity index (χ2n) is 8.47. The average Bonchev–Trinajstić information content (AvgIpc) is 2.88. The van der Waals surface area contributed by atoms with Gasteiger partial charge in [0.25, 0.3) is 0 Å². The number of aromatic amines is 1.